The zero-order chi connectivity index (χ0) is 15.0. The van der Waals surface area contributed by atoms with Gasteiger partial charge in [-0.1, -0.05) is 85.0 Å². The van der Waals surface area contributed by atoms with E-state index in [4.69, 9.17) is 0 Å². The molecule has 0 fully saturated rings. The Morgan fingerprint density at radius 2 is 1.41 bits per heavy atom. The van der Waals surface area contributed by atoms with E-state index < -0.39 is 0 Å². The van der Waals surface area contributed by atoms with Gasteiger partial charge in [-0.3, -0.25) is 0 Å². The minimum absolute atomic E-state index is 0.613. The Morgan fingerprint density at radius 3 is 1.91 bits per heavy atom. The van der Waals surface area contributed by atoms with Gasteiger partial charge in [0.05, 0.1) is 0 Å². The van der Waals surface area contributed by atoms with Crippen molar-refractivity contribution in [1.29, 1.82) is 0 Å². The highest BCUT2D eigenvalue weighted by molar-refractivity contribution is 8.00. The van der Waals surface area contributed by atoms with Crippen molar-refractivity contribution in [2.75, 3.05) is 0 Å². The van der Waals surface area contributed by atoms with Gasteiger partial charge in [-0.05, 0) is 30.4 Å². The van der Waals surface area contributed by atoms with Gasteiger partial charge in [0.25, 0.3) is 0 Å². The van der Waals surface area contributed by atoms with Crippen LogP contribution in [0.5, 0.6) is 0 Å². The van der Waals surface area contributed by atoms with Crippen molar-refractivity contribution in [2.24, 2.45) is 0 Å². The van der Waals surface area contributed by atoms with Gasteiger partial charge >= 0.3 is 0 Å². The van der Waals surface area contributed by atoms with Gasteiger partial charge in [0.15, 0.2) is 0 Å². The molecule has 0 N–H and O–H groups in total. The lowest BCUT2D eigenvalue weighted by atomic mass is 10.0. The zero-order valence-electron chi connectivity index (χ0n) is 12.8. The van der Waals surface area contributed by atoms with Crippen molar-refractivity contribution in [3.63, 3.8) is 0 Å². The van der Waals surface area contributed by atoms with Crippen LogP contribution in [0.25, 0.3) is 0 Å². The normalized spacial score (nSPS) is 17.0. The first-order valence-electron chi connectivity index (χ1n) is 7.97. The second-order valence-electron chi connectivity index (χ2n) is 5.72. The molecule has 1 atom stereocenters. The Hall–Kier alpha value is -1.73. The molecule has 2 aromatic carbocycles. The van der Waals surface area contributed by atoms with E-state index in [0.29, 0.717) is 10.5 Å². The number of benzene rings is 2. The predicted octanol–water partition coefficient (Wildman–Crippen LogP) is 5.46. The third-order valence-corrected chi connectivity index (χ3v) is 5.34. The van der Waals surface area contributed by atoms with Crippen LogP contribution in [0.2, 0.25) is 0 Å². The smallest absolute Gasteiger partial charge is 0.0267 e. The van der Waals surface area contributed by atoms with E-state index in [-0.39, 0.29) is 0 Å². The molecule has 0 nitrogen and oxygen atoms in total. The number of hydrogen-bond acceptors (Lipinski definition) is 1. The number of thioether (sulfide) groups is 1. The third-order valence-electron chi connectivity index (χ3n) is 3.92. The van der Waals surface area contributed by atoms with Crippen LogP contribution >= 0.6 is 11.8 Å². The van der Waals surface area contributed by atoms with Gasteiger partial charge in [0.2, 0.25) is 0 Å². The third kappa shape index (κ3) is 4.64. The van der Waals surface area contributed by atoms with Gasteiger partial charge in [-0.25, -0.2) is 0 Å². The standard InChI is InChI=1S/C21H22S/c1-4-10-18(11-5-1)16-21(17-19-12-6-2-7-13-19)22-20-14-8-3-9-15-20/h1-14,20-21H,15-17H2. The lowest BCUT2D eigenvalue weighted by molar-refractivity contribution is 0.834. The summed E-state index contributed by atoms with van der Waals surface area (Å²) in [6.07, 6.45) is 12.4. The molecule has 0 bridgehead atoms. The molecule has 0 saturated carbocycles. The van der Waals surface area contributed by atoms with Crippen LogP contribution in [0.4, 0.5) is 0 Å². The monoisotopic (exact) mass is 306 g/mol. The van der Waals surface area contributed by atoms with E-state index in [2.05, 4.69) is 96.7 Å². The molecule has 112 valence electrons. The highest BCUT2D eigenvalue weighted by atomic mass is 32.2. The lowest BCUT2D eigenvalue weighted by Crippen LogP contribution is -2.16. The summed E-state index contributed by atoms with van der Waals surface area (Å²) in [5, 5.41) is 1.23. The second kappa shape index (κ2) is 8.05. The highest BCUT2D eigenvalue weighted by Gasteiger charge is 2.16. The maximum Gasteiger partial charge on any atom is 0.0267 e. The summed E-state index contributed by atoms with van der Waals surface area (Å²) in [4.78, 5) is 0. The van der Waals surface area contributed by atoms with E-state index in [1.54, 1.807) is 0 Å². The Balaban J connectivity index is 1.69. The maximum atomic E-state index is 2.34. The molecule has 0 aliphatic heterocycles. The van der Waals surface area contributed by atoms with Gasteiger partial charge in [0.1, 0.15) is 0 Å². The molecule has 22 heavy (non-hydrogen) atoms. The van der Waals surface area contributed by atoms with E-state index in [1.165, 1.54) is 11.1 Å². The molecule has 1 aliphatic rings. The Morgan fingerprint density at radius 1 is 0.818 bits per heavy atom. The molecule has 0 spiro atoms. The van der Waals surface area contributed by atoms with Crippen molar-refractivity contribution < 1.29 is 0 Å². The van der Waals surface area contributed by atoms with E-state index >= 15 is 0 Å². The van der Waals surface area contributed by atoms with Crippen molar-refractivity contribution in [3.05, 3.63) is 96.1 Å². The van der Waals surface area contributed by atoms with Crippen LogP contribution in [0.3, 0.4) is 0 Å². The molecule has 2 aromatic rings. The largest absolute Gasteiger partial charge is 0.150 e. The van der Waals surface area contributed by atoms with Crippen molar-refractivity contribution in [3.8, 4) is 0 Å². The van der Waals surface area contributed by atoms with Crippen LogP contribution in [-0.2, 0) is 12.8 Å². The minimum Gasteiger partial charge on any atom is -0.150 e. The predicted molar refractivity (Wildman–Crippen MR) is 98.4 cm³/mol. The molecular formula is C21H22S. The summed E-state index contributed by atoms with van der Waals surface area (Å²) in [6.45, 7) is 0. The number of hydrogen-bond donors (Lipinski definition) is 0. The fourth-order valence-corrected chi connectivity index (χ4v) is 4.30. The van der Waals surface area contributed by atoms with Gasteiger partial charge in [-0.15, -0.1) is 11.8 Å². The van der Waals surface area contributed by atoms with E-state index in [1.807, 2.05) is 0 Å². The van der Waals surface area contributed by atoms with Crippen molar-refractivity contribution in [1.82, 2.24) is 0 Å². The molecule has 0 heterocycles. The van der Waals surface area contributed by atoms with Crippen molar-refractivity contribution >= 4 is 11.8 Å². The first-order chi connectivity index (χ1) is 10.9. The molecular weight excluding hydrogens is 284 g/mol. The van der Waals surface area contributed by atoms with Gasteiger partial charge in [-0.2, -0.15) is 0 Å². The molecule has 3 rings (SSSR count). The summed E-state index contributed by atoms with van der Waals surface area (Å²) >= 11 is 2.12. The summed E-state index contributed by atoms with van der Waals surface area (Å²) in [5.74, 6) is 0. The first-order valence-corrected chi connectivity index (χ1v) is 8.91. The summed E-state index contributed by atoms with van der Waals surface area (Å²) in [7, 11) is 0. The molecule has 0 saturated heterocycles. The van der Waals surface area contributed by atoms with Gasteiger partial charge in [0, 0.05) is 10.5 Å². The fraction of sp³-hybridized carbons (Fsp3) is 0.238. The van der Waals surface area contributed by atoms with E-state index in [9.17, 15) is 0 Å². The lowest BCUT2D eigenvalue weighted by Gasteiger charge is -2.22. The summed E-state index contributed by atoms with van der Waals surface area (Å²) in [5.41, 5.74) is 2.87. The average molecular weight is 306 g/mol. The highest BCUT2D eigenvalue weighted by Crippen LogP contribution is 2.29. The van der Waals surface area contributed by atoms with Crippen LogP contribution < -0.4 is 0 Å². The molecule has 0 radical (unpaired) electrons. The fourth-order valence-electron chi connectivity index (χ4n) is 2.83. The Labute approximate surface area is 138 Å². The SMILES string of the molecule is C1=CCC(SC(Cc2ccccc2)Cc2ccccc2)C=C1. The second-order valence-corrected chi connectivity index (χ2v) is 7.27. The first kappa shape index (κ1) is 15.2. The van der Waals surface area contributed by atoms with Crippen LogP contribution in [-0.4, -0.2) is 10.5 Å². The topological polar surface area (TPSA) is 0 Å². The summed E-state index contributed by atoms with van der Waals surface area (Å²) < 4.78 is 0. The summed E-state index contributed by atoms with van der Waals surface area (Å²) in [6, 6.07) is 21.7. The molecule has 0 aromatic heterocycles. The number of allylic oxidation sites excluding steroid dienone is 3. The van der Waals surface area contributed by atoms with Gasteiger partial charge < -0.3 is 0 Å². The molecule has 1 unspecified atom stereocenters. The number of rotatable bonds is 6. The zero-order valence-corrected chi connectivity index (χ0v) is 13.6. The maximum absolute atomic E-state index is 2.34. The van der Waals surface area contributed by atoms with E-state index in [0.717, 1.165) is 19.3 Å². The Kier molecular flexibility index (Phi) is 5.55. The average Bonchev–Trinajstić information content (AvgIpc) is 2.57. The molecule has 1 aliphatic carbocycles. The van der Waals surface area contributed by atoms with Crippen LogP contribution in [0.15, 0.2) is 85.0 Å². The quantitative estimate of drug-likeness (QED) is 0.683. The van der Waals surface area contributed by atoms with Crippen molar-refractivity contribution in [2.45, 2.75) is 29.8 Å². The molecule has 0 amide bonds. The van der Waals surface area contributed by atoms with Crippen LogP contribution in [0, 0.1) is 0 Å². The Bertz CT molecular complexity index is 571. The minimum atomic E-state index is 0.613. The molecule has 1 heteroatoms. The van der Waals surface area contributed by atoms with Crippen LogP contribution in [0.1, 0.15) is 17.5 Å².